The van der Waals surface area contributed by atoms with E-state index < -0.39 is 18.0 Å². The Morgan fingerprint density at radius 2 is 1.72 bits per heavy atom. The van der Waals surface area contributed by atoms with Gasteiger partial charge >= 0.3 is 12.1 Å². The predicted octanol–water partition coefficient (Wildman–Crippen LogP) is 4.63. The van der Waals surface area contributed by atoms with Gasteiger partial charge in [0.1, 0.15) is 9.88 Å². The average Bonchev–Trinajstić information content (AvgIpc) is 3.08. The van der Waals surface area contributed by atoms with Crippen LogP contribution in [0, 0.1) is 6.92 Å². The van der Waals surface area contributed by atoms with E-state index in [4.69, 9.17) is 9.47 Å². The molecule has 3 amide bonds. The minimum Gasteiger partial charge on any atom is -0.462 e. The minimum atomic E-state index is -0.906. The van der Waals surface area contributed by atoms with Crippen molar-refractivity contribution < 1.29 is 28.7 Å². The van der Waals surface area contributed by atoms with Crippen molar-refractivity contribution in [3.63, 3.8) is 0 Å². The molecule has 0 atom stereocenters. The third kappa shape index (κ3) is 7.38. The number of imide groups is 1. The number of ether oxygens (including phenoxy) is 2. The number of amides is 3. The number of esters is 1. The molecule has 1 aromatic heterocycles. The maximum Gasteiger partial charge on any atom is 0.414 e. The van der Waals surface area contributed by atoms with Crippen LogP contribution in [0.1, 0.15) is 52.3 Å². The first-order valence-corrected chi connectivity index (χ1v) is 11.9. The van der Waals surface area contributed by atoms with E-state index in [1.54, 1.807) is 32.5 Å². The van der Waals surface area contributed by atoms with Gasteiger partial charge < -0.3 is 14.8 Å². The zero-order valence-corrected chi connectivity index (χ0v) is 19.8. The molecule has 0 aliphatic heterocycles. The molecule has 0 saturated carbocycles. The Morgan fingerprint density at radius 3 is 2.38 bits per heavy atom. The summed E-state index contributed by atoms with van der Waals surface area (Å²) >= 11 is 2.59. The summed E-state index contributed by atoms with van der Waals surface area (Å²) in [4.78, 5) is 50.4. The molecule has 2 aromatic rings. The van der Waals surface area contributed by atoms with Gasteiger partial charge in [0.15, 0.2) is 0 Å². The number of alkyl carbamates (subject to hydrolysis) is 1. The third-order valence-electron chi connectivity index (χ3n) is 4.14. The summed E-state index contributed by atoms with van der Waals surface area (Å²) in [5.74, 6) is -0.895. The third-order valence-corrected chi connectivity index (χ3v) is 6.42. The molecule has 10 heteroatoms. The quantitative estimate of drug-likeness (QED) is 0.291. The topological polar surface area (TPSA) is 111 Å². The largest absolute Gasteiger partial charge is 0.462 e. The van der Waals surface area contributed by atoms with Gasteiger partial charge in [0.05, 0.1) is 18.8 Å². The number of rotatable bonds is 10. The molecular weight excluding hydrogens is 452 g/mol. The lowest BCUT2D eigenvalue weighted by atomic mass is 10.1. The van der Waals surface area contributed by atoms with E-state index in [2.05, 4.69) is 10.6 Å². The van der Waals surface area contributed by atoms with Gasteiger partial charge in [0, 0.05) is 11.3 Å². The van der Waals surface area contributed by atoms with Crippen LogP contribution >= 0.6 is 23.1 Å². The maximum atomic E-state index is 12.7. The van der Waals surface area contributed by atoms with Crippen LogP contribution < -0.4 is 10.6 Å². The van der Waals surface area contributed by atoms with Gasteiger partial charge in [0.2, 0.25) is 5.91 Å². The maximum absolute atomic E-state index is 12.7. The van der Waals surface area contributed by atoms with Crippen LogP contribution in [0.2, 0.25) is 0 Å². The number of anilines is 1. The molecule has 0 bridgehead atoms. The Kier molecular flexibility index (Phi) is 10.2. The Hall–Kier alpha value is -2.85. The standard InChI is InChI=1S/C22H26N2O6S2/c1-4-29-21(27)18-14(3)17(19(26)24-22(28)30-5-2)20(32-18)23-16(25)12-9-13-31-15-10-7-6-8-11-15/h6-8,10-11H,4-5,9,12-13H2,1-3H3,(H,23,25)(H,24,26,28). The van der Waals surface area contributed by atoms with Gasteiger partial charge in [-0.05, 0) is 50.6 Å². The molecule has 0 aliphatic carbocycles. The molecule has 2 rings (SSSR count). The van der Waals surface area contributed by atoms with E-state index in [0.717, 1.165) is 22.0 Å². The Balaban J connectivity index is 2.09. The van der Waals surface area contributed by atoms with Crippen molar-refractivity contribution >= 4 is 52.0 Å². The summed E-state index contributed by atoms with van der Waals surface area (Å²) in [5, 5.41) is 5.00. The van der Waals surface area contributed by atoms with Crippen LogP contribution in [0.4, 0.5) is 9.80 Å². The number of benzene rings is 1. The highest BCUT2D eigenvalue weighted by Gasteiger charge is 2.27. The van der Waals surface area contributed by atoms with Crippen LogP contribution in [-0.2, 0) is 14.3 Å². The molecular formula is C22H26N2O6S2. The predicted molar refractivity (Wildman–Crippen MR) is 125 cm³/mol. The van der Waals surface area contributed by atoms with Gasteiger partial charge in [-0.25, -0.2) is 9.59 Å². The zero-order valence-electron chi connectivity index (χ0n) is 18.2. The van der Waals surface area contributed by atoms with Crippen LogP contribution in [0.15, 0.2) is 35.2 Å². The van der Waals surface area contributed by atoms with Crippen molar-refractivity contribution in [3.05, 3.63) is 46.3 Å². The zero-order chi connectivity index (χ0) is 23.5. The number of hydrogen-bond donors (Lipinski definition) is 2. The van der Waals surface area contributed by atoms with Gasteiger partial charge in [-0.1, -0.05) is 18.2 Å². The number of thioether (sulfide) groups is 1. The fourth-order valence-corrected chi connectivity index (χ4v) is 4.71. The summed E-state index contributed by atoms with van der Waals surface area (Å²) in [5.41, 5.74) is 0.364. The molecule has 1 heterocycles. The molecule has 0 aliphatic rings. The van der Waals surface area contributed by atoms with Crippen molar-refractivity contribution in [2.45, 2.75) is 38.5 Å². The van der Waals surface area contributed by atoms with E-state index in [9.17, 15) is 19.2 Å². The van der Waals surface area contributed by atoms with E-state index >= 15 is 0 Å². The lowest BCUT2D eigenvalue weighted by Crippen LogP contribution is -2.32. The van der Waals surface area contributed by atoms with Crippen molar-refractivity contribution in [2.75, 3.05) is 24.3 Å². The summed E-state index contributed by atoms with van der Waals surface area (Å²) < 4.78 is 9.78. The normalized spacial score (nSPS) is 10.3. The average molecular weight is 479 g/mol. The van der Waals surface area contributed by atoms with E-state index in [1.807, 2.05) is 30.3 Å². The highest BCUT2D eigenvalue weighted by Crippen LogP contribution is 2.34. The fourth-order valence-electron chi connectivity index (χ4n) is 2.72. The molecule has 172 valence electrons. The Labute approximate surface area is 195 Å². The fraction of sp³-hybridized carbons (Fsp3) is 0.364. The van der Waals surface area contributed by atoms with Gasteiger partial charge in [-0.2, -0.15) is 0 Å². The Bertz CT molecular complexity index is 959. The number of carbonyl (C=O) groups excluding carboxylic acids is 4. The van der Waals surface area contributed by atoms with Crippen molar-refractivity contribution in [1.29, 1.82) is 0 Å². The monoisotopic (exact) mass is 478 g/mol. The minimum absolute atomic E-state index is 0.0399. The van der Waals surface area contributed by atoms with Crippen molar-refractivity contribution in [3.8, 4) is 0 Å². The molecule has 8 nitrogen and oxygen atoms in total. The second-order valence-corrected chi connectivity index (χ2v) is 8.66. The highest BCUT2D eigenvalue weighted by molar-refractivity contribution is 7.99. The smallest absolute Gasteiger partial charge is 0.414 e. The van der Waals surface area contributed by atoms with E-state index in [-0.39, 0.29) is 41.0 Å². The van der Waals surface area contributed by atoms with Gasteiger partial charge in [-0.15, -0.1) is 23.1 Å². The van der Waals surface area contributed by atoms with Crippen molar-refractivity contribution in [2.24, 2.45) is 0 Å². The van der Waals surface area contributed by atoms with Crippen LogP contribution in [0.5, 0.6) is 0 Å². The number of thiophene rings is 1. The number of hydrogen-bond acceptors (Lipinski definition) is 8. The van der Waals surface area contributed by atoms with Crippen LogP contribution in [-0.4, -0.2) is 42.8 Å². The summed E-state index contributed by atoms with van der Waals surface area (Å²) in [6, 6.07) is 9.87. The molecule has 0 unspecified atom stereocenters. The first-order chi connectivity index (χ1) is 15.4. The lowest BCUT2D eigenvalue weighted by Gasteiger charge is -2.08. The second-order valence-electron chi connectivity index (χ2n) is 6.47. The van der Waals surface area contributed by atoms with E-state index in [0.29, 0.717) is 12.0 Å². The first-order valence-electron chi connectivity index (χ1n) is 10.1. The highest BCUT2D eigenvalue weighted by atomic mass is 32.2. The second kappa shape index (κ2) is 12.9. The number of carbonyl (C=O) groups is 4. The van der Waals surface area contributed by atoms with Gasteiger partial charge in [0.25, 0.3) is 5.91 Å². The summed E-state index contributed by atoms with van der Waals surface area (Å²) in [6.07, 6.45) is -0.0361. The molecule has 32 heavy (non-hydrogen) atoms. The molecule has 0 radical (unpaired) electrons. The molecule has 1 aromatic carbocycles. The Morgan fingerprint density at radius 1 is 1.03 bits per heavy atom. The van der Waals surface area contributed by atoms with Crippen molar-refractivity contribution in [1.82, 2.24) is 5.32 Å². The molecule has 0 fully saturated rings. The molecule has 0 spiro atoms. The summed E-state index contributed by atoms with van der Waals surface area (Å²) in [7, 11) is 0. The van der Waals surface area contributed by atoms with Gasteiger partial charge in [-0.3, -0.25) is 14.9 Å². The lowest BCUT2D eigenvalue weighted by molar-refractivity contribution is -0.116. The van der Waals surface area contributed by atoms with Crippen LogP contribution in [0.3, 0.4) is 0 Å². The SMILES string of the molecule is CCOC(=O)NC(=O)c1c(NC(=O)CCCSc2ccccc2)sc(C(=O)OCC)c1C. The number of nitrogens with one attached hydrogen (secondary N) is 2. The van der Waals surface area contributed by atoms with Crippen LogP contribution in [0.25, 0.3) is 0 Å². The molecule has 2 N–H and O–H groups in total. The summed E-state index contributed by atoms with van der Waals surface area (Å²) in [6.45, 7) is 5.11. The molecule has 0 saturated heterocycles. The first kappa shape index (κ1) is 25.4. The van der Waals surface area contributed by atoms with E-state index in [1.165, 1.54) is 0 Å².